The van der Waals surface area contributed by atoms with Gasteiger partial charge in [0.1, 0.15) is 0 Å². The normalized spacial score (nSPS) is 27.4. The van der Waals surface area contributed by atoms with E-state index in [4.69, 9.17) is 10.5 Å². The maximum absolute atomic E-state index is 12.9. The highest BCUT2D eigenvalue weighted by molar-refractivity contribution is 5.84. The highest BCUT2D eigenvalue weighted by Gasteiger charge is 2.47. The highest BCUT2D eigenvalue weighted by Crippen LogP contribution is 2.40. The summed E-state index contributed by atoms with van der Waals surface area (Å²) in [7, 11) is 1.43. The molecular weight excluding hydrogens is 304 g/mol. The summed E-state index contributed by atoms with van der Waals surface area (Å²) in [5, 5.41) is 0. The van der Waals surface area contributed by atoms with Crippen LogP contribution in [0.5, 0.6) is 0 Å². The number of amides is 1. The molecule has 2 bridgehead atoms. The van der Waals surface area contributed by atoms with Crippen LogP contribution < -0.4 is 5.73 Å². The van der Waals surface area contributed by atoms with Gasteiger partial charge in [-0.1, -0.05) is 36.8 Å². The van der Waals surface area contributed by atoms with Crippen LogP contribution in [-0.4, -0.2) is 42.5 Å². The zero-order valence-electron chi connectivity index (χ0n) is 14.2. The molecule has 1 aliphatic carbocycles. The van der Waals surface area contributed by atoms with E-state index in [9.17, 15) is 9.59 Å². The number of ether oxygens (including phenoxy) is 1. The van der Waals surface area contributed by atoms with Gasteiger partial charge in [0.05, 0.1) is 19.1 Å². The molecule has 1 amide bonds. The van der Waals surface area contributed by atoms with Gasteiger partial charge in [-0.05, 0) is 37.2 Å². The average molecular weight is 330 g/mol. The molecule has 4 atom stereocenters. The third-order valence-corrected chi connectivity index (χ3v) is 5.51. The van der Waals surface area contributed by atoms with Gasteiger partial charge in [0, 0.05) is 12.6 Å². The molecule has 1 aromatic carbocycles. The Bertz CT molecular complexity index is 590. The number of likely N-dealkylation sites (tertiary alicyclic amines) is 1. The summed E-state index contributed by atoms with van der Waals surface area (Å²) in [5.41, 5.74) is 7.25. The zero-order chi connectivity index (χ0) is 17.1. The maximum Gasteiger partial charge on any atom is 0.311 e. The van der Waals surface area contributed by atoms with Crippen LogP contribution in [0.2, 0.25) is 0 Å². The van der Waals surface area contributed by atoms with Gasteiger partial charge in [0.2, 0.25) is 5.91 Å². The maximum atomic E-state index is 12.9. The number of fused-ring (bicyclic) bond motifs is 2. The van der Waals surface area contributed by atoms with E-state index in [-0.39, 0.29) is 23.8 Å². The summed E-state index contributed by atoms with van der Waals surface area (Å²) in [6.45, 7) is 0.699. The van der Waals surface area contributed by atoms with Crippen LogP contribution in [0.15, 0.2) is 30.3 Å². The Kier molecular flexibility index (Phi) is 5.19. The summed E-state index contributed by atoms with van der Waals surface area (Å²) in [6.07, 6.45) is 4.35. The molecule has 2 N–H and O–H groups in total. The molecule has 24 heavy (non-hydrogen) atoms. The number of nitrogens with two attached hydrogens (primary N) is 1. The van der Waals surface area contributed by atoms with E-state index in [0.717, 1.165) is 31.2 Å². The summed E-state index contributed by atoms with van der Waals surface area (Å²) in [5.74, 6) is -0.0760. The molecule has 0 radical (unpaired) electrons. The van der Waals surface area contributed by atoms with Crippen LogP contribution in [0.1, 0.15) is 31.2 Å². The van der Waals surface area contributed by atoms with E-state index in [1.165, 1.54) is 7.11 Å². The highest BCUT2D eigenvalue weighted by atomic mass is 16.5. The van der Waals surface area contributed by atoms with Crippen molar-refractivity contribution in [1.29, 1.82) is 0 Å². The summed E-state index contributed by atoms with van der Waals surface area (Å²) in [6, 6.07) is 9.20. The van der Waals surface area contributed by atoms with Crippen LogP contribution in [0, 0.1) is 11.8 Å². The third kappa shape index (κ3) is 3.31. The fourth-order valence-corrected chi connectivity index (χ4v) is 4.33. The molecule has 0 unspecified atom stereocenters. The first-order chi connectivity index (χ1) is 11.6. The second-order valence-electron chi connectivity index (χ2n) is 6.92. The third-order valence-electron chi connectivity index (χ3n) is 5.51. The summed E-state index contributed by atoms with van der Waals surface area (Å²) < 4.78 is 5.00. The molecule has 0 spiro atoms. The number of carbonyl (C=O) groups is 2. The minimum absolute atomic E-state index is 0.0434. The zero-order valence-corrected chi connectivity index (χ0v) is 14.2. The molecule has 1 saturated carbocycles. The number of carbonyl (C=O) groups excluding carboxylic acids is 2. The van der Waals surface area contributed by atoms with Gasteiger partial charge in [-0.25, -0.2) is 0 Å². The van der Waals surface area contributed by atoms with Crippen molar-refractivity contribution in [3.8, 4) is 0 Å². The fraction of sp³-hybridized carbons (Fsp3) is 0.579. The molecule has 2 aliphatic rings. The molecule has 5 heteroatoms. The lowest BCUT2D eigenvalue weighted by Gasteiger charge is -2.48. The number of benzene rings is 1. The van der Waals surface area contributed by atoms with E-state index in [1.807, 2.05) is 35.2 Å². The van der Waals surface area contributed by atoms with Gasteiger partial charge >= 0.3 is 5.97 Å². The Morgan fingerprint density at radius 1 is 1.25 bits per heavy atom. The van der Waals surface area contributed by atoms with Crippen molar-refractivity contribution < 1.29 is 14.3 Å². The number of rotatable bonds is 4. The lowest BCUT2D eigenvalue weighted by atomic mass is 9.70. The average Bonchev–Trinajstić information content (AvgIpc) is 2.61. The van der Waals surface area contributed by atoms with Crippen molar-refractivity contribution in [2.24, 2.45) is 17.6 Å². The second-order valence-corrected chi connectivity index (χ2v) is 6.92. The van der Waals surface area contributed by atoms with E-state index in [2.05, 4.69) is 0 Å². The van der Waals surface area contributed by atoms with Crippen molar-refractivity contribution in [3.05, 3.63) is 35.9 Å². The Morgan fingerprint density at radius 2 is 2.00 bits per heavy atom. The molecular formula is C19H26N2O3. The first-order valence-corrected chi connectivity index (χ1v) is 8.79. The van der Waals surface area contributed by atoms with Gasteiger partial charge in [-0.2, -0.15) is 0 Å². The number of piperidine rings is 1. The smallest absolute Gasteiger partial charge is 0.311 e. The van der Waals surface area contributed by atoms with E-state index >= 15 is 0 Å². The second kappa shape index (κ2) is 7.34. The Hall–Kier alpha value is -1.88. The molecule has 1 saturated heterocycles. The van der Waals surface area contributed by atoms with Crippen molar-refractivity contribution in [1.82, 2.24) is 4.90 Å². The molecule has 1 aliphatic heterocycles. The Labute approximate surface area is 143 Å². The molecule has 2 fully saturated rings. The van der Waals surface area contributed by atoms with Crippen LogP contribution in [-0.2, 0) is 20.7 Å². The summed E-state index contributed by atoms with van der Waals surface area (Å²) in [4.78, 5) is 27.0. The van der Waals surface area contributed by atoms with Crippen molar-refractivity contribution in [2.75, 3.05) is 13.7 Å². The van der Waals surface area contributed by atoms with E-state index < -0.39 is 6.04 Å². The number of hydrogen-bond acceptors (Lipinski definition) is 4. The molecule has 5 nitrogen and oxygen atoms in total. The quantitative estimate of drug-likeness (QED) is 0.854. The fourth-order valence-electron chi connectivity index (χ4n) is 4.33. The van der Waals surface area contributed by atoms with Crippen LogP contribution in [0.4, 0.5) is 0 Å². The lowest BCUT2D eigenvalue weighted by Crippen LogP contribution is -2.59. The molecule has 1 aromatic rings. The number of esters is 1. The number of nitrogens with zero attached hydrogens (tertiary/aromatic N) is 1. The predicted molar refractivity (Wildman–Crippen MR) is 91.1 cm³/mol. The minimum atomic E-state index is -0.566. The predicted octanol–water partition coefficient (Wildman–Crippen LogP) is 1.75. The first-order valence-electron chi connectivity index (χ1n) is 8.79. The van der Waals surface area contributed by atoms with Crippen molar-refractivity contribution in [3.63, 3.8) is 0 Å². The van der Waals surface area contributed by atoms with Gasteiger partial charge < -0.3 is 15.4 Å². The topological polar surface area (TPSA) is 72.6 Å². The summed E-state index contributed by atoms with van der Waals surface area (Å²) >= 11 is 0. The van der Waals surface area contributed by atoms with Crippen LogP contribution >= 0.6 is 0 Å². The Morgan fingerprint density at radius 3 is 2.71 bits per heavy atom. The minimum Gasteiger partial charge on any atom is -0.469 e. The number of methoxy groups -OCH3 is 1. The van der Waals surface area contributed by atoms with Gasteiger partial charge in [0.25, 0.3) is 0 Å². The molecule has 3 rings (SSSR count). The van der Waals surface area contributed by atoms with Crippen LogP contribution in [0.25, 0.3) is 0 Å². The van der Waals surface area contributed by atoms with E-state index in [0.29, 0.717) is 18.9 Å². The van der Waals surface area contributed by atoms with Crippen molar-refractivity contribution >= 4 is 11.9 Å². The Balaban J connectivity index is 1.73. The van der Waals surface area contributed by atoms with Crippen molar-refractivity contribution in [2.45, 2.75) is 44.2 Å². The SMILES string of the molecule is COC(=O)[C@@H]1[C@@H]2CCC[C@H]1N(C(=O)[C@@H](N)Cc1ccccc1)CC2. The molecule has 1 heterocycles. The number of hydrogen-bond donors (Lipinski definition) is 1. The molecule has 130 valence electrons. The largest absolute Gasteiger partial charge is 0.469 e. The molecule has 0 aromatic heterocycles. The monoisotopic (exact) mass is 330 g/mol. The van der Waals surface area contributed by atoms with Gasteiger partial charge in [-0.3, -0.25) is 9.59 Å². The van der Waals surface area contributed by atoms with Gasteiger partial charge in [-0.15, -0.1) is 0 Å². The van der Waals surface area contributed by atoms with Crippen LogP contribution in [0.3, 0.4) is 0 Å². The van der Waals surface area contributed by atoms with E-state index in [1.54, 1.807) is 0 Å². The van der Waals surface area contributed by atoms with Gasteiger partial charge in [0.15, 0.2) is 0 Å². The first kappa shape index (κ1) is 17.0. The standard InChI is InChI=1S/C19H26N2O3/c1-24-19(23)17-14-8-5-9-16(17)21(11-10-14)18(22)15(20)12-13-6-3-2-4-7-13/h2-4,6-7,14-17H,5,8-12,20H2,1H3/t14-,15+,16-,17-/m1/s1. The lowest BCUT2D eigenvalue weighted by molar-refractivity contribution is -0.159.